The van der Waals surface area contributed by atoms with Crippen LogP contribution in [-0.2, 0) is 6.42 Å². The van der Waals surface area contributed by atoms with Gasteiger partial charge in [0.25, 0.3) is 11.8 Å². The molecule has 9 heteroatoms. The average Bonchev–Trinajstić information content (AvgIpc) is 3.14. The van der Waals surface area contributed by atoms with Crippen LogP contribution in [0.3, 0.4) is 0 Å². The number of pyridine rings is 1. The number of aliphatic hydroxyl groups excluding tert-OH is 1. The number of fused-ring (bicyclic) bond motifs is 1. The lowest BCUT2D eigenvalue weighted by atomic mass is 9.94. The van der Waals surface area contributed by atoms with Crippen LogP contribution < -0.4 is 11.1 Å². The molecule has 2 aromatic heterocycles. The third-order valence-corrected chi connectivity index (χ3v) is 5.78. The van der Waals surface area contributed by atoms with E-state index in [1.807, 2.05) is 18.5 Å². The molecule has 4 N–H and O–H groups in total. The first-order valence-corrected chi connectivity index (χ1v) is 10.4. The Balaban J connectivity index is 1.63. The van der Waals surface area contributed by atoms with Gasteiger partial charge in [-0.25, -0.2) is 0 Å². The number of aliphatic hydroxyl groups is 1. The van der Waals surface area contributed by atoms with Gasteiger partial charge in [-0.3, -0.25) is 19.3 Å². The van der Waals surface area contributed by atoms with E-state index in [1.54, 1.807) is 23.2 Å². The van der Waals surface area contributed by atoms with Gasteiger partial charge in [-0.15, -0.1) is 0 Å². The van der Waals surface area contributed by atoms with Crippen LogP contribution in [0.4, 0.5) is 0 Å². The number of hydrogen-bond donors (Lipinski definition) is 3. The Morgan fingerprint density at radius 1 is 1.33 bits per heavy atom. The smallest absolute Gasteiger partial charge is 0.269 e. The molecule has 0 bridgehead atoms. The van der Waals surface area contributed by atoms with E-state index in [-0.39, 0.29) is 23.7 Å². The van der Waals surface area contributed by atoms with Gasteiger partial charge in [0.05, 0.1) is 23.4 Å². The number of carbonyl (C=O) groups excluding carboxylic acids is 2. The lowest BCUT2D eigenvalue weighted by molar-refractivity contribution is 0.0473. The topological polar surface area (TPSA) is 126 Å². The van der Waals surface area contributed by atoms with Gasteiger partial charge in [0.1, 0.15) is 0 Å². The van der Waals surface area contributed by atoms with E-state index in [4.69, 9.17) is 5.73 Å². The Labute approximate surface area is 175 Å². The van der Waals surface area contributed by atoms with E-state index in [2.05, 4.69) is 15.4 Å². The summed E-state index contributed by atoms with van der Waals surface area (Å²) in [5.74, 6) is -0.689. The van der Waals surface area contributed by atoms with Crippen molar-refractivity contribution < 1.29 is 14.7 Å². The van der Waals surface area contributed by atoms with Crippen LogP contribution in [0.25, 0.3) is 0 Å². The summed E-state index contributed by atoms with van der Waals surface area (Å²) >= 11 is 0. The van der Waals surface area contributed by atoms with Gasteiger partial charge in [0.15, 0.2) is 5.69 Å². The van der Waals surface area contributed by atoms with Crippen molar-refractivity contribution in [3.8, 4) is 0 Å². The fraction of sp³-hybridized carbons (Fsp3) is 0.524. The number of nitrogens with two attached hydrogens (primary N) is 1. The number of rotatable bonds is 4. The van der Waals surface area contributed by atoms with Crippen molar-refractivity contribution in [2.24, 2.45) is 5.73 Å². The largest absolute Gasteiger partial charge is 0.391 e. The number of piperidine rings is 1. The van der Waals surface area contributed by atoms with Crippen molar-refractivity contribution in [1.82, 2.24) is 25.0 Å². The molecule has 4 rings (SSSR count). The second-order valence-electron chi connectivity index (χ2n) is 8.27. The number of nitrogens with one attached hydrogen (secondary N) is 1. The first-order valence-electron chi connectivity index (χ1n) is 10.4. The maximum Gasteiger partial charge on any atom is 0.269 e. The minimum absolute atomic E-state index is 0.110. The van der Waals surface area contributed by atoms with Crippen molar-refractivity contribution >= 4 is 11.8 Å². The molecule has 1 saturated heterocycles. The first kappa shape index (κ1) is 20.5. The van der Waals surface area contributed by atoms with Gasteiger partial charge in [0, 0.05) is 49.6 Å². The third kappa shape index (κ3) is 3.70. The lowest BCUT2D eigenvalue weighted by Crippen LogP contribution is -2.42. The molecule has 2 unspecified atom stereocenters. The number of carbonyl (C=O) groups is 2. The van der Waals surface area contributed by atoms with Crippen LogP contribution in [-0.4, -0.2) is 62.3 Å². The Hall–Kier alpha value is -2.78. The maximum atomic E-state index is 12.7. The Morgan fingerprint density at radius 3 is 2.77 bits per heavy atom. The minimum atomic E-state index is -0.560. The molecule has 2 atom stereocenters. The molecule has 0 radical (unpaired) electrons. The fourth-order valence-corrected chi connectivity index (χ4v) is 4.36. The molecule has 0 aromatic carbocycles. The summed E-state index contributed by atoms with van der Waals surface area (Å²) in [6, 6.07) is 3.35. The number of nitrogens with zero attached hydrogens (tertiary/aromatic N) is 4. The molecule has 0 saturated carbocycles. The van der Waals surface area contributed by atoms with Crippen LogP contribution in [0, 0.1) is 0 Å². The summed E-state index contributed by atoms with van der Waals surface area (Å²) in [6.07, 6.45) is 3.36. The standard InChI is InChI=1S/C21H28N6O3/c1-12(2)27-16-7-8-23-18(17(16)19(25-27)20(22)29)15-6-5-13(10-24-15)21(30)26-9-3-4-14(28)11-26/h5-6,10,12,14,18,23,28H,3-4,7-9,11H2,1-2H3,(H2,22,29). The van der Waals surface area contributed by atoms with Gasteiger partial charge in [0.2, 0.25) is 0 Å². The first-order chi connectivity index (χ1) is 14.4. The van der Waals surface area contributed by atoms with Crippen molar-refractivity contribution in [2.75, 3.05) is 19.6 Å². The maximum absolute atomic E-state index is 12.7. The van der Waals surface area contributed by atoms with Crippen LogP contribution in [0.5, 0.6) is 0 Å². The highest BCUT2D eigenvalue weighted by Gasteiger charge is 2.33. The molecule has 2 aliphatic heterocycles. The van der Waals surface area contributed by atoms with Gasteiger partial charge < -0.3 is 21.1 Å². The summed E-state index contributed by atoms with van der Waals surface area (Å²) in [4.78, 5) is 31.0. The summed E-state index contributed by atoms with van der Waals surface area (Å²) < 4.78 is 1.86. The number of likely N-dealkylation sites (tertiary alicyclic amines) is 1. The molecule has 2 aromatic rings. The molecule has 0 spiro atoms. The van der Waals surface area contributed by atoms with E-state index < -0.39 is 12.0 Å². The Morgan fingerprint density at radius 2 is 2.13 bits per heavy atom. The highest BCUT2D eigenvalue weighted by atomic mass is 16.3. The molecule has 2 amide bonds. The number of amides is 2. The number of hydrogen-bond acceptors (Lipinski definition) is 6. The van der Waals surface area contributed by atoms with E-state index >= 15 is 0 Å². The van der Waals surface area contributed by atoms with Crippen LogP contribution >= 0.6 is 0 Å². The number of primary amides is 1. The molecule has 4 heterocycles. The SMILES string of the molecule is CC(C)n1nc(C(N)=O)c2c1CCNC2c1ccc(C(=O)N2CCCC(O)C2)cn1. The molecule has 0 aliphatic carbocycles. The highest BCUT2D eigenvalue weighted by molar-refractivity contribution is 5.94. The Kier molecular flexibility index (Phi) is 5.57. The van der Waals surface area contributed by atoms with Gasteiger partial charge in [-0.2, -0.15) is 5.10 Å². The lowest BCUT2D eigenvalue weighted by Gasteiger charge is -2.30. The van der Waals surface area contributed by atoms with Crippen molar-refractivity contribution in [1.29, 1.82) is 0 Å². The number of β-amino-alcohol motifs (C(OH)–C–C–N with tert-alkyl or cyclic N) is 1. The summed E-state index contributed by atoms with van der Waals surface area (Å²) in [5, 5.41) is 17.7. The van der Waals surface area contributed by atoms with E-state index in [1.165, 1.54) is 0 Å². The Bertz CT molecular complexity index is 952. The van der Waals surface area contributed by atoms with Crippen molar-refractivity contribution in [3.05, 3.63) is 46.5 Å². The molecular weight excluding hydrogens is 384 g/mol. The van der Waals surface area contributed by atoms with Crippen LogP contribution in [0.2, 0.25) is 0 Å². The zero-order valence-corrected chi connectivity index (χ0v) is 17.3. The quantitative estimate of drug-likeness (QED) is 0.682. The predicted octanol–water partition coefficient (Wildman–Crippen LogP) is 0.790. The molecule has 1 fully saturated rings. The zero-order chi connectivity index (χ0) is 21.4. The normalized spacial score (nSPS) is 21.5. The number of aromatic nitrogens is 3. The van der Waals surface area contributed by atoms with Crippen LogP contribution in [0.15, 0.2) is 18.3 Å². The average molecular weight is 412 g/mol. The van der Waals surface area contributed by atoms with Crippen molar-refractivity contribution in [3.63, 3.8) is 0 Å². The molecule has 30 heavy (non-hydrogen) atoms. The second kappa shape index (κ2) is 8.16. The summed E-state index contributed by atoms with van der Waals surface area (Å²) in [5.41, 5.74) is 8.83. The van der Waals surface area contributed by atoms with E-state index in [0.29, 0.717) is 24.3 Å². The third-order valence-electron chi connectivity index (χ3n) is 5.78. The van der Waals surface area contributed by atoms with Gasteiger partial charge >= 0.3 is 0 Å². The fourth-order valence-electron chi connectivity index (χ4n) is 4.36. The van der Waals surface area contributed by atoms with Gasteiger partial charge in [-0.05, 0) is 38.8 Å². The predicted molar refractivity (Wildman–Crippen MR) is 110 cm³/mol. The van der Waals surface area contributed by atoms with E-state index in [9.17, 15) is 14.7 Å². The monoisotopic (exact) mass is 412 g/mol. The molecule has 9 nitrogen and oxygen atoms in total. The summed E-state index contributed by atoms with van der Waals surface area (Å²) in [7, 11) is 0. The summed E-state index contributed by atoms with van der Waals surface area (Å²) in [6.45, 7) is 5.75. The van der Waals surface area contributed by atoms with Crippen molar-refractivity contribution in [2.45, 2.75) is 51.3 Å². The highest BCUT2D eigenvalue weighted by Crippen LogP contribution is 2.32. The van der Waals surface area contributed by atoms with E-state index in [0.717, 1.165) is 37.1 Å². The minimum Gasteiger partial charge on any atom is -0.391 e. The second-order valence-corrected chi connectivity index (χ2v) is 8.27. The van der Waals surface area contributed by atoms with Gasteiger partial charge in [-0.1, -0.05) is 0 Å². The zero-order valence-electron chi connectivity index (χ0n) is 17.3. The van der Waals surface area contributed by atoms with Crippen LogP contribution in [0.1, 0.15) is 76.6 Å². The molecular formula is C21H28N6O3. The molecule has 160 valence electrons. The molecule has 2 aliphatic rings.